The number of aryl methyl sites for hydroxylation is 1. The van der Waals surface area contributed by atoms with Crippen molar-refractivity contribution in [2.75, 3.05) is 14.1 Å². The van der Waals surface area contributed by atoms with Gasteiger partial charge in [0.05, 0.1) is 16.1 Å². The molecule has 0 saturated carbocycles. The molecule has 2 aromatic rings. The number of carbonyl (C=O) groups excluding carboxylic acids is 1. The number of thiazole rings is 1. The summed E-state index contributed by atoms with van der Waals surface area (Å²) < 4.78 is 38.4. The molecule has 1 aromatic heterocycles. The van der Waals surface area contributed by atoms with Gasteiger partial charge in [0.25, 0.3) is 0 Å². The molecule has 2 rings (SSSR count). The maximum Gasteiger partial charge on any atom is 0.416 e. The van der Waals surface area contributed by atoms with E-state index in [9.17, 15) is 18.0 Å². The number of aromatic nitrogens is 1. The number of nitrogens with zero attached hydrogens (tertiary/aromatic N) is 2. The van der Waals surface area contributed by atoms with Crippen molar-refractivity contribution in [1.29, 1.82) is 0 Å². The van der Waals surface area contributed by atoms with E-state index >= 15 is 0 Å². The van der Waals surface area contributed by atoms with Gasteiger partial charge >= 0.3 is 6.18 Å². The third kappa shape index (κ3) is 4.19. The van der Waals surface area contributed by atoms with Gasteiger partial charge in [-0.15, -0.1) is 11.3 Å². The Morgan fingerprint density at radius 2 is 2.00 bits per heavy atom. The molecule has 0 saturated heterocycles. The van der Waals surface area contributed by atoms with Crippen molar-refractivity contribution in [2.45, 2.75) is 13.1 Å². The first kappa shape index (κ1) is 17.2. The van der Waals surface area contributed by atoms with Crippen LogP contribution in [0.15, 0.2) is 36.5 Å². The number of ketones is 1. The fourth-order valence-electron chi connectivity index (χ4n) is 1.87. The highest BCUT2D eigenvalue weighted by Gasteiger charge is 2.30. The van der Waals surface area contributed by atoms with E-state index in [0.29, 0.717) is 21.1 Å². The molecule has 122 valence electrons. The molecule has 0 unspecified atom stereocenters. The lowest BCUT2D eigenvalue weighted by Gasteiger charge is -2.07. The summed E-state index contributed by atoms with van der Waals surface area (Å²) in [5, 5.41) is 0.398. The van der Waals surface area contributed by atoms with Gasteiger partial charge in [0.2, 0.25) is 0 Å². The van der Waals surface area contributed by atoms with Crippen molar-refractivity contribution in [3.8, 4) is 10.6 Å². The largest absolute Gasteiger partial charge is 0.416 e. The molecule has 0 aliphatic rings. The second-order valence-corrected chi connectivity index (χ2v) is 6.15. The van der Waals surface area contributed by atoms with Crippen molar-refractivity contribution in [3.05, 3.63) is 52.7 Å². The van der Waals surface area contributed by atoms with Crippen LogP contribution >= 0.6 is 11.3 Å². The monoisotopic (exact) mass is 340 g/mol. The lowest BCUT2D eigenvalue weighted by molar-refractivity contribution is -0.137. The van der Waals surface area contributed by atoms with E-state index in [1.807, 2.05) is 0 Å². The Kier molecular flexibility index (Phi) is 4.89. The van der Waals surface area contributed by atoms with Gasteiger partial charge < -0.3 is 4.90 Å². The Labute approximate surface area is 136 Å². The van der Waals surface area contributed by atoms with Crippen molar-refractivity contribution in [3.63, 3.8) is 0 Å². The maximum absolute atomic E-state index is 12.8. The van der Waals surface area contributed by atoms with Gasteiger partial charge in [0.15, 0.2) is 5.78 Å². The smallest absolute Gasteiger partial charge is 0.383 e. The fourth-order valence-corrected chi connectivity index (χ4v) is 2.85. The number of halogens is 3. The summed E-state index contributed by atoms with van der Waals surface area (Å²) in [5.41, 5.74) is 0.127. The molecular weight excluding hydrogens is 325 g/mol. The average molecular weight is 340 g/mol. The van der Waals surface area contributed by atoms with Gasteiger partial charge in [-0.05, 0) is 19.1 Å². The third-order valence-electron chi connectivity index (χ3n) is 2.98. The predicted octanol–water partition coefficient (Wildman–Crippen LogP) is 4.40. The molecule has 7 heteroatoms. The normalized spacial score (nSPS) is 11.9. The first-order chi connectivity index (χ1) is 10.7. The molecule has 0 amide bonds. The zero-order chi connectivity index (χ0) is 17.2. The highest BCUT2D eigenvalue weighted by molar-refractivity contribution is 7.17. The molecule has 23 heavy (non-hydrogen) atoms. The molecule has 1 aromatic carbocycles. The highest BCUT2D eigenvalue weighted by atomic mass is 32.1. The van der Waals surface area contributed by atoms with E-state index in [0.717, 1.165) is 23.5 Å². The molecule has 0 N–H and O–H groups in total. The van der Waals surface area contributed by atoms with E-state index in [-0.39, 0.29) is 5.78 Å². The van der Waals surface area contributed by atoms with Crippen LogP contribution in [0, 0.1) is 6.92 Å². The second-order valence-electron chi connectivity index (χ2n) is 5.16. The zero-order valence-corrected chi connectivity index (χ0v) is 13.6. The Morgan fingerprint density at radius 3 is 2.61 bits per heavy atom. The molecule has 3 nitrogen and oxygen atoms in total. The minimum atomic E-state index is -4.41. The average Bonchev–Trinajstić information content (AvgIpc) is 2.86. The van der Waals surface area contributed by atoms with Crippen LogP contribution in [0.4, 0.5) is 13.2 Å². The number of hydrogen-bond acceptors (Lipinski definition) is 4. The lowest BCUT2D eigenvalue weighted by Crippen LogP contribution is -2.04. The summed E-state index contributed by atoms with van der Waals surface area (Å²) in [7, 11) is 3.58. The third-order valence-corrected chi connectivity index (χ3v) is 4.20. The Bertz CT molecular complexity index is 748. The minimum absolute atomic E-state index is 0.216. The summed E-state index contributed by atoms with van der Waals surface area (Å²) in [6.45, 7) is 1.67. The summed E-state index contributed by atoms with van der Waals surface area (Å²) >= 11 is 1.09. The SMILES string of the molecule is Cc1nc(-c2cccc(C(F)(F)F)c2)sc1C(=O)C=CN(C)C. The summed E-state index contributed by atoms with van der Waals surface area (Å²) in [6, 6.07) is 4.94. The van der Waals surface area contributed by atoms with Crippen LogP contribution in [-0.4, -0.2) is 29.8 Å². The zero-order valence-electron chi connectivity index (χ0n) is 12.8. The van der Waals surface area contributed by atoms with E-state index in [4.69, 9.17) is 0 Å². The first-order valence-corrected chi connectivity index (χ1v) is 7.54. The number of carbonyl (C=O) groups is 1. The number of hydrogen-bond donors (Lipinski definition) is 0. The van der Waals surface area contributed by atoms with Crippen LogP contribution in [0.5, 0.6) is 0 Å². The van der Waals surface area contributed by atoms with Crippen LogP contribution < -0.4 is 0 Å². The molecule has 0 bridgehead atoms. The highest BCUT2D eigenvalue weighted by Crippen LogP contribution is 2.34. The van der Waals surface area contributed by atoms with Gasteiger partial charge in [0.1, 0.15) is 5.01 Å². The van der Waals surface area contributed by atoms with Gasteiger partial charge in [-0.25, -0.2) is 4.98 Å². The van der Waals surface area contributed by atoms with Crippen molar-refractivity contribution < 1.29 is 18.0 Å². The first-order valence-electron chi connectivity index (χ1n) is 6.72. The number of rotatable bonds is 4. The molecule has 0 radical (unpaired) electrons. The van der Waals surface area contributed by atoms with Crippen LogP contribution in [0.2, 0.25) is 0 Å². The van der Waals surface area contributed by atoms with Gasteiger partial charge in [-0.2, -0.15) is 13.2 Å². The molecule has 1 heterocycles. The number of benzene rings is 1. The maximum atomic E-state index is 12.8. The van der Waals surface area contributed by atoms with E-state index < -0.39 is 11.7 Å². The summed E-state index contributed by atoms with van der Waals surface area (Å²) in [6.07, 6.45) is -1.38. The lowest BCUT2D eigenvalue weighted by atomic mass is 10.1. The van der Waals surface area contributed by atoms with Crippen LogP contribution in [0.3, 0.4) is 0 Å². The number of allylic oxidation sites excluding steroid dienone is 1. The topological polar surface area (TPSA) is 33.2 Å². The van der Waals surface area contributed by atoms with Gasteiger partial charge in [0, 0.05) is 31.9 Å². The van der Waals surface area contributed by atoms with Crippen LogP contribution in [0.1, 0.15) is 20.9 Å². The van der Waals surface area contributed by atoms with Crippen molar-refractivity contribution >= 4 is 17.1 Å². The Hall–Kier alpha value is -2.15. The minimum Gasteiger partial charge on any atom is -0.383 e. The van der Waals surface area contributed by atoms with Gasteiger partial charge in [-0.1, -0.05) is 12.1 Å². The molecular formula is C16H15F3N2OS. The van der Waals surface area contributed by atoms with Crippen molar-refractivity contribution in [1.82, 2.24) is 9.88 Å². The summed E-state index contributed by atoms with van der Waals surface area (Å²) in [4.78, 5) is 18.5. The molecule has 0 spiro atoms. The van der Waals surface area contributed by atoms with E-state index in [2.05, 4.69) is 4.98 Å². The Morgan fingerprint density at radius 1 is 1.30 bits per heavy atom. The summed E-state index contributed by atoms with van der Waals surface area (Å²) in [5.74, 6) is -0.216. The standard InChI is InChI=1S/C16H15F3N2OS/c1-10-14(13(22)7-8-21(2)3)23-15(20-10)11-5-4-6-12(9-11)16(17,18)19/h4-9H,1-3H3. The fraction of sp³-hybridized carbons (Fsp3) is 0.250. The molecule has 0 atom stereocenters. The van der Waals surface area contributed by atoms with E-state index in [1.165, 1.54) is 12.1 Å². The van der Waals surface area contributed by atoms with E-state index in [1.54, 1.807) is 38.2 Å². The van der Waals surface area contributed by atoms with Crippen LogP contribution in [0.25, 0.3) is 10.6 Å². The second kappa shape index (κ2) is 6.54. The van der Waals surface area contributed by atoms with Crippen LogP contribution in [-0.2, 0) is 6.18 Å². The molecule has 0 aliphatic heterocycles. The van der Waals surface area contributed by atoms with Gasteiger partial charge in [-0.3, -0.25) is 4.79 Å². The molecule has 0 aliphatic carbocycles. The molecule has 0 fully saturated rings. The quantitative estimate of drug-likeness (QED) is 0.611. The predicted molar refractivity (Wildman–Crippen MR) is 84.4 cm³/mol. The van der Waals surface area contributed by atoms with Crippen molar-refractivity contribution in [2.24, 2.45) is 0 Å². The number of alkyl halides is 3. The Balaban J connectivity index is 2.36.